The number of aromatic nitrogens is 1. The van der Waals surface area contributed by atoms with Crippen molar-refractivity contribution in [3.8, 4) is 0 Å². The SMILES string of the molecule is CC(C)CCCNc1ccc(Br)cn1. The molecule has 1 aromatic rings. The minimum atomic E-state index is 0.787. The highest BCUT2D eigenvalue weighted by Gasteiger charge is 1.95. The number of hydrogen-bond donors (Lipinski definition) is 1. The minimum Gasteiger partial charge on any atom is -0.370 e. The molecular formula is C11H17BrN2. The van der Waals surface area contributed by atoms with Gasteiger partial charge >= 0.3 is 0 Å². The van der Waals surface area contributed by atoms with Crippen molar-refractivity contribution < 1.29 is 0 Å². The molecule has 1 heterocycles. The summed E-state index contributed by atoms with van der Waals surface area (Å²) in [6.45, 7) is 5.50. The van der Waals surface area contributed by atoms with Crippen LogP contribution in [0.2, 0.25) is 0 Å². The zero-order chi connectivity index (χ0) is 10.4. The molecule has 0 aliphatic heterocycles. The van der Waals surface area contributed by atoms with Crippen molar-refractivity contribution in [2.75, 3.05) is 11.9 Å². The average Bonchev–Trinajstić information content (AvgIpc) is 2.15. The van der Waals surface area contributed by atoms with Crippen LogP contribution in [-0.2, 0) is 0 Å². The zero-order valence-corrected chi connectivity index (χ0v) is 10.3. The number of nitrogens with zero attached hydrogens (tertiary/aromatic N) is 1. The van der Waals surface area contributed by atoms with Crippen LogP contribution in [0.1, 0.15) is 26.7 Å². The zero-order valence-electron chi connectivity index (χ0n) is 8.76. The van der Waals surface area contributed by atoms with Crippen molar-refractivity contribution >= 4 is 21.7 Å². The number of anilines is 1. The van der Waals surface area contributed by atoms with Crippen molar-refractivity contribution in [3.63, 3.8) is 0 Å². The second-order valence-electron chi connectivity index (χ2n) is 3.82. The normalized spacial score (nSPS) is 10.6. The molecular weight excluding hydrogens is 240 g/mol. The summed E-state index contributed by atoms with van der Waals surface area (Å²) in [5, 5.41) is 3.30. The number of nitrogens with one attached hydrogen (secondary N) is 1. The number of hydrogen-bond acceptors (Lipinski definition) is 2. The van der Waals surface area contributed by atoms with E-state index in [1.54, 1.807) is 0 Å². The van der Waals surface area contributed by atoms with Gasteiger partial charge in [0, 0.05) is 17.2 Å². The van der Waals surface area contributed by atoms with Crippen LogP contribution in [0.5, 0.6) is 0 Å². The van der Waals surface area contributed by atoms with Gasteiger partial charge in [-0.15, -0.1) is 0 Å². The Labute approximate surface area is 94.3 Å². The van der Waals surface area contributed by atoms with Crippen LogP contribution in [0.3, 0.4) is 0 Å². The topological polar surface area (TPSA) is 24.9 Å². The van der Waals surface area contributed by atoms with Crippen LogP contribution >= 0.6 is 15.9 Å². The van der Waals surface area contributed by atoms with Crippen LogP contribution in [0.15, 0.2) is 22.8 Å². The highest BCUT2D eigenvalue weighted by Crippen LogP contribution is 2.10. The summed E-state index contributed by atoms with van der Waals surface area (Å²) in [6, 6.07) is 3.98. The van der Waals surface area contributed by atoms with E-state index in [0.717, 1.165) is 22.8 Å². The summed E-state index contributed by atoms with van der Waals surface area (Å²) in [5.74, 6) is 1.74. The molecule has 14 heavy (non-hydrogen) atoms. The molecule has 0 spiro atoms. The van der Waals surface area contributed by atoms with E-state index in [0.29, 0.717) is 0 Å². The van der Waals surface area contributed by atoms with Crippen LogP contribution in [0.4, 0.5) is 5.82 Å². The van der Waals surface area contributed by atoms with Gasteiger partial charge in [0.2, 0.25) is 0 Å². The Balaban J connectivity index is 2.21. The van der Waals surface area contributed by atoms with E-state index in [9.17, 15) is 0 Å². The molecule has 0 radical (unpaired) electrons. The molecule has 1 N–H and O–H groups in total. The van der Waals surface area contributed by atoms with Gasteiger partial charge < -0.3 is 5.32 Å². The van der Waals surface area contributed by atoms with Gasteiger partial charge in [0.25, 0.3) is 0 Å². The van der Waals surface area contributed by atoms with Gasteiger partial charge in [0.1, 0.15) is 5.82 Å². The standard InChI is InChI=1S/C11H17BrN2/c1-9(2)4-3-7-13-11-6-5-10(12)8-14-11/h5-6,8-9H,3-4,7H2,1-2H3,(H,13,14). The third-order valence-electron chi connectivity index (χ3n) is 1.99. The molecule has 0 bridgehead atoms. The summed E-state index contributed by atoms with van der Waals surface area (Å²) in [5.41, 5.74) is 0. The Morgan fingerprint density at radius 3 is 2.79 bits per heavy atom. The molecule has 78 valence electrons. The van der Waals surface area contributed by atoms with Crippen molar-refractivity contribution in [3.05, 3.63) is 22.8 Å². The second-order valence-corrected chi connectivity index (χ2v) is 4.74. The van der Waals surface area contributed by atoms with Crippen LogP contribution < -0.4 is 5.32 Å². The molecule has 1 aromatic heterocycles. The monoisotopic (exact) mass is 256 g/mol. The van der Waals surface area contributed by atoms with Gasteiger partial charge in [-0.05, 0) is 46.8 Å². The fourth-order valence-electron chi connectivity index (χ4n) is 1.21. The Bertz CT molecular complexity index is 256. The first-order valence-electron chi connectivity index (χ1n) is 5.04. The summed E-state index contributed by atoms with van der Waals surface area (Å²) in [6.07, 6.45) is 4.28. The fourth-order valence-corrected chi connectivity index (χ4v) is 1.44. The van der Waals surface area contributed by atoms with Crippen molar-refractivity contribution in [2.45, 2.75) is 26.7 Å². The van der Waals surface area contributed by atoms with Crippen LogP contribution in [-0.4, -0.2) is 11.5 Å². The average molecular weight is 257 g/mol. The lowest BCUT2D eigenvalue weighted by atomic mass is 10.1. The summed E-state index contributed by atoms with van der Waals surface area (Å²) in [4.78, 5) is 4.24. The van der Waals surface area contributed by atoms with E-state index < -0.39 is 0 Å². The van der Waals surface area contributed by atoms with Gasteiger partial charge in [-0.2, -0.15) is 0 Å². The molecule has 0 aliphatic carbocycles. The lowest BCUT2D eigenvalue weighted by Gasteiger charge is -2.06. The van der Waals surface area contributed by atoms with Gasteiger partial charge in [-0.3, -0.25) is 0 Å². The van der Waals surface area contributed by atoms with Gasteiger partial charge in [-0.1, -0.05) is 13.8 Å². The Morgan fingerprint density at radius 1 is 1.43 bits per heavy atom. The molecule has 2 nitrogen and oxygen atoms in total. The lowest BCUT2D eigenvalue weighted by Crippen LogP contribution is -2.04. The summed E-state index contributed by atoms with van der Waals surface area (Å²) in [7, 11) is 0. The molecule has 0 aliphatic rings. The Kier molecular flexibility index (Phi) is 4.94. The first-order chi connectivity index (χ1) is 6.68. The fraction of sp³-hybridized carbons (Fsp3) is 0.545. The molecule has 0 amide bonds. The number of pyridine rings is 1. The van der Waals surface area contributed by atoms with E-state index in [1.807, 2.05) is 18.3 Å². The van der Waals surface area contributed by atoms with E-state index in [1.165, 1.54) is 12.8 Å². The molecule has 0 saturated heterocycles. The molecule has 0 fully saturated rings. The minimum absolute atomic E-state index is 0.787. The van der Waals surface area contributed by atoms with Crippen LogP contribution in [0, 0.1) is 5.92 Å². The highest BCUT2D eigenvalue weighted by molar-refractivity contribution is 9.10. The Hall–Kier alpha value is -0.570. The molecule has 0 saturated carbocycles. The summed E-state index contributed by atoms with van der Waals surface area (Å²) >= 11 is 3.36. The van der Waals surface area contributed by atoms with Gasteiger partial charge in [0.15, 0.2) is 0 Å². The quantitative estimate of drug-likeness (QED) is 0.813. The van der Waals surface area contributed by atoms with Crippen molar-refractivity contribution in [1.82, 2.24) is 4.98 Å². The lowest BCUT2D eigenvalue weighted by molar-refractivity contribution is 0.566. The smallest absolute Gasteiger partial charge is 0.125 e. The maximum atomic E-state index is 4.24. The number of rotatable bonds is 5. The maximum Gasteiger partial charge on any atom is 0.125 e. The van der Waals surface area contributed by atoms with Gasteiger partial charge in [-0.25, -0.2) is 4.98 Å². The molecule has 0 unspecified atom stereocenters. The first kappa shape index (κ1) is 11.5. The van der Waals surface area contributed by atoms with Crippen molar-refractivity contribution in [1.29, 1.82) is 0 Å². The van der Waals surface area contributed by atoms with Gasteiger partial charge in [0.05, 0.1) is 0 Å². The molecule has 1 rings (SSSR count). The first-order valence-corrected chi connectivity index (χ1v) is 5.83. The molecule has 0 aromatic carbocycles. The van der Waals surface area contributed by atoms with E-state index >= 15 is 0 Å². The number of halogens is 1. The molecule has 0 atom stereocenters. The second kappa shape index (κ2) is 6.02. The predicted octanol–water partition coefficient (Wildman–Crippen LogP) is 3.69. The summed E-state index contributed by atoms with van der Waals surface area (Å²) < 4.78 is 1.02. The molecule has 3 heteroatoms. The third-order valence-corrected chi connectivity index (χ3v) is 2.46. The largest absolute Gasteiger partial charge is 0.370 e. The maximum absolute atomic E-state index is 4.24. The predicted molar refractivity (Wildman–Crippen MR) is 64.5 cm³/mol. The van der Waals surface area contributed by atoms with Crippen molar-refractivity contribution in [2.24, 2.45) is 5.92 Å². The van der Waals surface area contributed by atoms with E-state index in [2.05, 4.69) is 40.1 Å². The van der Waals surface area contributed by atoms with Crippen LogP contribution in [0.25, 0.3) is 0 Å². The van der Waals surface area contributed by atoms with E-state index in [4.69, 9.17) is 0 Å². The Morgan fingerprint density at radius 2 is 2.21 bits per heavy atom. The van der Waals surface area contributed by atoms with E-state index in [-0.39, 0.29) is 0 Å². The third kappa shape index (κ3) is 4.61. The highest BCUT2D eigenvalue weighted by atomic mass is 79.9.